The Morgan fingerprint density at radius 3 is 2.42 bits per heavy atom. The van der Waals surface area contributed by atoms with Crippen molar-refractivity contribution in [3.63, 3.8) is 0 Å². The Hall–Kier alpha value is -1.33. The minimum Gasteiger partial charge on any atom is -0.482 e. The number of benzene rings is 1. The second-order valence-electron chi connectivity index (χ2n) is 4.95. The number of nitro groups is 1. The molecule has 0 spiro atoms. The Labute approximate surface area is 119 Å². The fourth-order valence-electron chi connectivity index (χ4n) is 1.83. The molecule has 0 amide bonds. The molecule has 7 heteroatoms. The molecule has 1 saturated carbocycles. The summed E-state index contributed by atoms with van der Waals surface area (Å²) in [5, 5.41) is 11.2. The molecular formula is C12H11Cl2NO4. The molecule has 0 saturated heterocycles. The number of nitrogens with zero attached hydrogens (tertiary/aromatic N) is 1. The summed E-state index contributed by atoms with van der Waals surface area (Å²) < 4.78 is 5.56. The summed E-state index contributed by atoms with van der Waals surface area (Å²) in [6.07, 6.45) is -0.152. The van der Waals surface area contributed by atoms with Crippen LogP contribution in [-0.4, -0.2) is 16.8 Å². The lowest BCUT2D eigenvalue weighted by molar-refractivity contribution is -0.386. The first kappa shape index (κ1) is 14.1. The van der Waals surface area contributed by atoms with E-state index in [9.17, 15) is 14.9 Å². The van der Waals surface area contributed by atoms with Gasteiger partial charge in [-0.3, -0.25) is 14.9 Å². The van der Waals surface area contributed by atoms with Crippen molar-refractivity contribution in [1.29, 1.82) is 0 Å². The van der Waals surface area contributed by atoms with Crippen molar-refractivity contribution >= 4 is 34.7 Å². The summed E-state index contributed by atoms with van der Waals surface area (Å²) in [5.74, 6) is 0.102. The lowest BCUT2D eigenvalue weighted by atomic mass is 9.68. The first-order valence-corrected chi connectivity index (χ1v) is 6.32. The van der Waals surface area contributed by atoms with Crippen LogP contribution in [0.5, 0.6) is 5.75 Å². The highest BCUT2D eigenvalue weighted by atomic mass is 35.5. The van der Waals surface area contributed by atoms with E-state index >= 15 is 0 Å². The summed E-state index contributed by atoms with van der Waals surface area (Å²) in [4.78, 5) is 21.8. The molecule has 19 heavy (non-hydrogen) atoms. The number of ketones is 1. The molecule has 0 bridgehead atoms. The topological polar surface area (TPSA) is 69.4 Å². The molecule has 1 aliphatic rings. The zero-order valence-electron chi connectivity index (χ0n) is 10.3. The summed E-state index contributed by atoms with van der Waals surface area (Å²) in [6.45, 7) is 3.49. The van der Waals surface area contributed by atoms with Crippen LogP contribution in [0.25, 0.3) is 0 Å². The highest BCUT2D eigenvalue weighted by Crippen LogP contribution is 2.43. The van der Waals surface area contributed by atoms with Crippen LogP contribution in [0, 0.1) is 15.5 Å². The minimum atomic E-state index is -0.639. The largest absolute Gasteiger partial charge is 0.482 e. The molecule has 1 fully saturated rings. The van der Waals surface area contributed by atoms with Crippen molar-refractivity contribution in [2.45, 2.75) is 26.4 Å². The van der Waals surface area contributed by atoms with Gasteiger partial charge in [-0.1, -0.05) is 23.2 Å². The van der Waals surface area contributed by atoms with Crippen LogP contribution in [0.1, 0.15) is 20.3 Å². The quantitative estimate of drug-likeness (QED) is 0.631. The summed E-state index contributed by atoms with van der Waals surface area (Å²) >= 11 is 11.6. The zero-order chi connectivity index (χ0) is 14.4. The van der Waals surface area contributed by atoms with E-state index in [2.05, 4.69) is 0 Å². The Morgan fingerprint density at radius 2 is 1.95 bits per heavy atom. The molecule has 1 aliphatic carbocycles. The summed E-state index contributed by atoms with van der Waals surface area (Å²) in [5.41, 5.74) is -0.899. The molecule has 1 atom stereocenters. The van der Waals surface area contributed by atoms with Crippen LogP contribution in [0.3, 0.4) is 0 Å². The van der Waals surface area contributed by atoms with E-state index in [1.54, 1.807) is 13.8 Å². The zero-order valence-corrected chi connectivity index (χ0v) is 11.8. The number of halogens is 2. The first-order valence-electron chi connectivity index (χ1n) is 5.57. The monoisotopic (exact) mass is 303 g/mol. The van der Waals surface area contributed by atoms with Gasteiger partial charge in [0, 0.05) is 18.6 Å². The number of carbonyl (C=O) groups excluding carboxylic acids is 1. The third-order valence-electron chi connectivity index (χ3n) is 3.36. The van der Waals surface area contributed by atoms with Crippen molar-refractivity contribution in [3.05, 3.63) is 32.3 Å². The fraction of sp³-hybridized carbons (Fsp3) is 0.417. The second kappa shape index (κ2) is 4.65. The number of carbonyl (C=O) groups is 1. The fourth-order valence-corrected chi connectivity index (χ4v) is 2.14. The normalized spacial score (nSPS) is 20.8. The maximum atomic E-state index is 11.4. The minimum absolute atomic E-state index is 0.0324. The maximum Gasteiger partial charge on any atom is 0.312 e. The Bertz CT molecular complexity index is 571. The van der Waals surface area contributed by atoms with E-state index in [4.69, 9.17) is 27.9 Å². The van der Waals surface area contributed by atoms with E-state index in [0.717, 1.165) is 6.07 Å². The van der Waals surface area contributed by atoms with E-state index in [1.807, 2.05) is 0 Å². The molecule has 0 radical (unpaired) electrons. The predicted octanol–water partition coefficient (Wildman–Crippen LogP) is 3.65. The van der Waals surface area contributed by atoms with Crippen molar-refractivity contribution in [1.82, 2.24) is 0 Å². The van der Waals surface area contributed by atoms with Crippen molar-refractivity contribution in [2.24, 2.45) is 5.41 Å². The van der Waals surface area contributed by atoms with Gasteiger partial charge in [0.2, 0.25) is 0 Å². The molecule has 1 unspecified atom stereocenters. The third kappa shape index (κ3) is 2.40. The predicted molar refractivity (Wildman–Crippen MR) is 70.9 cm³/mol. The van der Waals surface area contributed by atoms with E-state index < -0.39 is 16.4 Å². The van der Waals surface area contributed by atoms with Crippen LogP contribution in [-0.2, 0) is 4.79 Å². The number of ether oxygens (including phenoxy) is 1. The highest BCUT2D eigenvalue weighted by Gasteiger charge is 2.49. The van der Waals surface area contributed by atoms with E-state index in [0.29, 0.717) is 0 Å². The lowest BCUT2D eigenvalue weighted by Crippen LogP contribution is -2.53. The summed E-state index contributed by atoms with van der Waals surface area (Å²) in [7, 11) is 0. The lowest BCUT2D eigenvalue weighted by Gasteiger charge is -2.41. The van der Waals surface area contributed by atoms with Gasteiger partial charge in [0.25, 0.3) is 0 Å². The molecule has 102 valence electrons. The van der Waals surface area contributed by atoms with Gasteiger partial charge in [0.05, 0.1) is 20.4 Å². The van der Waals surface area contributed by atoms with E-state index in [1.165, 1.54) is 6.07 Å². The second-order valence-corrected chi connectivity index (χ2v) is 5.76. The van der Waals surface area contributed by atoms with Gasteiger partial charge >= 0.3 is 5.69 Å². The number of hydrogen-bond donors (Lipinski definition) is 0. The van der Waals surface area contributed by atoms with Crippen LogP contribution >= 0.6 is 23.2 Å². The van der Waals surface area contributed by atoms with Gasteiger partial charge in [-0.05, 0) is 13.8 Å². The maximum absolute atomic E-state index is 11.4. The van der Waals surface area contributed by atoms with Crippen LogP contribution in [0.15, 0.2) is 12.1 Å². The Kier molecular flexibility index (Phi) is 3.45. The molecule has 1 aromatic carbocycles. The van der Waals surface area contributed by atoms with Crippen LogP contribution in [0.2, 0.25) is 10.0 Å². The molecule has 2 rings (SSSR count). The van der Waals surface area contributed by atoms with Gasteiger partial charge < -0.3 is 4.74 Å². The number of hydrogen-bond acceptors (Lipinski definition) is 4. The van der Waals surface area contributed by atoms with Gasteiger partial charge in [0.15, 0.2) is 5.75 Å². The van der Waals surface area contributed by atoms with Crippen molar-refractivity contribution in [2.75, 3.05) is 0 Å². The van der Waals surface area contributed by atoms with Gasteiger partial charge in [0.1, 0.15) is 11.9 Å². The Morgan fingerprint density at radius 1 is 1.37 bits per heavy atom. The first-order chi connectivity index (χ1) is 8.73. The number of nitro benzene ring substituents is 1. The van der Waals surface area contributed by atoms with Crippen LogP contribution in [0.4, 0.5) is 5.69 Å². The summed E-state index contributed by atoms with van der Waals surface area (Å²) in [6, 6.07) is 2.45. The SMILES string of the molecule is CC1(C)C(=O)CC1Oc1cc(Cl)c(Cl)cc1[N+](=O)[O-]. The van der Waals surface area contributed by atoms with Crippen LogP contribution < -0.4 is 4.74 Å². The molecule has 0 heterocycles. The van der Waals surface area contributed by atoms with Crippen molar-refractivity contribution in [3.8, 4) is 5.75 Å². The van der Waals surface area contributed by atoms with Gasteiger partial charge in [-0.25, -0.2) is 0 Å². The molecular weight excluding hydrogens is 293 g/mol. The standard InChI is InChI=1S/C12H11Cl2NO4/c1-12(2)10(16)5-11(12)19-9-4-7(14)6(13)3-8(9)15(17)18/h3-4,11H,5H2,1-2H3. The third-order valence-corrected chi connectivity index (χ3v) is 4.08. The molecule has 5 nitrogen and oxygen atoms in total. The molecule has 0 N–H and O–H groups in total. The van der Waals surface area contributed by atoms with Crippen molar-refractivity contribution < 1.29 is 14.5 Å². The molecule has 0 aliphatic heterocycles. The Balaban J connectivity index is 2.33. The number of Topliss-reactive ketones (excluding diaryl/α,β-unsaturated/α-hetero) is 1. The molecule has 0 aromatic heterocycles. The number of rotatable bonds is 3. The smallest absolute Gasteiger partial charge is 0.312 e. The average molecular weight is 304 g/mol. The van der Waals surface area contributed by atoms with E-state index in [-0.39, 0.29) is 33.7 Å². The molecule has 1 aromatic rings. The van der Waals surface area contributed by atoms with Gasteiger partial charge in [-0.15, -0.1) is 0 Å². The van der Waals surface area contributed by atoms with Gasteiger partial charge in [-0.2, -0.15) is 0 Å². The highest BCUT2D eigenvalue weighted by molar-refractivity contribution is 6.42. The average Bonchev–Trinajstić information content (AvgIpc) is 2.32.